The maximum atomic E-state index is 11.0. The molecule has 0 heterocycles. The van der Waals surface area contributed by atoms with Gasteiger partial charge in [0, 0.05) is 12.1 Å². The fraction of sp³-hybridized carbons (Fsp3) is 0.300. The first kappa shape index (κ1) is 11.7. The van der Waals surface area contributed by atoms with E-state index in [0.29, 0.717) is 16.5 Å². The number of halogens is 1. The summed E-state index contributed by atoms with van der Waals surface area (Å²) in [5, 5.41) is 0.568. The van der Waals surface area contributed by atoms with Gasteiger partial charge in [-0.2, -0.15) is 0 Å². The molecule has 1 rings (SSSR count). The van der Waals surface area contributed by atoms with Crippen molar-refractivity contribution < 1.29 is 9.53 Å². The summed E-state index contributed by atoms with van der Waals surface area (Å²) in [5.74, 6) is 0.568. The van der Waals surface area contributed by atoms with Crippen LogP contribution in [0.3, 0.4) is 0 Å². The molecular weight excluding hydrogens is 216 g/mol. The van der Waals surface area contributed by atoms with Crippen LogP contribution >= 0.6 is 11.6 Å². The van der Waals surface area contributed by atoms with E-state index < -0.39 is 6.03 Å². The van der Waals surface area contributed by atoms with Crippen molar-refractivity contribution in [1.29, 1.82) is 0 Å². The fourth-order valence-corrected chi connectivity index (χ4v) is 1.35. The Kier molecular flexibility index (Phi) is 3.42. The number of urea groups is 1. The Morgan fingerprint density at radius 3 is 2.60 bits per heavy atom. The molecule has 0 aromatic heterocycles. The third-order valence-electron chi connectivity index (χ3n) is 2.15. The predicted molar refractivity (Wildman–Crippen MR) is 60.7 cm³/mol. The molecule has 0 saturated carbocycles. The first-order chi connectivity index (χ1) is 6.97. The van der Waals surface area contributed by atoms with E-state index >= 15 is 0 Å². The van der Waals surface area contributed by atoms with Gasteiger partial charge in [-0.05, 0) is 24.6 Å². The van der Waals surface area contributed by atoms with E-state index in [1.807, 2.05) is 6.92 Å². The lowest BCUT2D eigenvalue weighted by atomic mass is 10.2. The number of nitrogens with zero attached hydrogens (tertiary/aromatic N) is 1. The van der Waals surface area contributed by atoms with Crippen LogP contribution in [0.4, 0.5) is 10.5 Å². The Hall–Kier alpha value is -1.42. The number of carbonyl (C=O) groups is 1. The van der Waals surface area contributed by atoms with Crippen molar-refractivity contribution in [2.75, 3.05) is 19.1 Å². The second-order valence-corrected chi connectivity index (χ2v) is 3.58. The van der Waals surface area contributed by atoms with Crippen molar-refractivity contribution >= 4 is 23.3 Å². The van der Waals surface area contributed by atoms with Gasteiger partial charge >= 0.3 is 6.03 Å². The lowest BCUT2D eigenvalue weighted by Crippen LogP contribution is -2.32. The van der Waals surface area contributed by atoms with Crippen LogP contribution in [-0.4, -0.2) is 20.2 Å². The summed E-state index contributed by atoms with van der Waals surface area (Å²) >= 11 is 5.96. The molecular formula is C10H13ClN2O2. The van der Waals surface area contributed by atoms with Gasteiger partial charge in [0.15, 0.2) is 0 Å². The molecule has 0 aliphatic rings. The van der Waals surface area contributed by atoms with E-state index in [9.17, 15) is 4.79 Å². The summed E-state index contributed by atoms with van der Waals surface area (Å²) in [4.78, 5) is 12.3. The highest BCUT2D eigenvalue weighted by Gasteiger charge is 2.14. The highest BCUT2D eigenvalue weighted by Crippen LogP contribution is 2.32. The molecule has 4 nitrogen and oxygen atoms in total. The minimum absolute atomic E-state index is 0.556. The van der Waals surface area contributed by atoms with E-state index in [4.69, 9.17) is 22.1 Å². The number of hydrogen-bond donors (Lipinski definition) is 1. The quantitative estimate of drug-likeness (QED) is 0.844. The van der Waals surface area contributed by atoms with E-state index in [1.54, 1.807) is 19.2 Å². The van der Waals surface area contributed by atoms with Crippen LogP contribution in [0.2, 0.25) is 5.02 Å². The monoisotopic (exact) mass is 228 g/mol. The normalized spacial score (nSPS) is 9.87. The van der Waals surface area contributed by atoms with E-state index in [2.05, 4.69) is 0 Å². The first-order valence-electron chi connectivity index (χ1n) is 4.34. The van der Waals surface area contributed by atoms with E-state index in [-0.39, 0.29) is 0 Å². The molecule has 2 N–H and O–H groups in total. The Morgan fingerprint density at radius 2 is 2.13 bits per heavy atom. The van der Waals surface area contributed by atoms with Crippen molar-refractivity contribution in [2.24, 2.45) is 5.73 Å². The number of benzene rings is 1. The summed E-state index contributed by atoms with van der Waals surface area (Å²) in [6.07, 6.45) is 0. The zero-order valence-corrected chi connectivity index (χ0v) is 9.63. The molecule has 0 saturated heterocycles. The minimum Gasteiger partial charge on any atom is -0.495 e. The van der Waals surface area contributed by atoms with Gasteiger partial charge in [0.25, 0.3) is 0 Å². The number of carbonyl (C=O) groups excluding carboxylic acids is 1. The number of ether oxygens (including phenoxy) is 1. The molecule has 0 fully saturated rings. The Labute approximate surface area is 93.6 Å². The highest BCUT2D eigenvalue weighted by atomic mass is 35.5. The van der Waals surface area contributed by atoms with Gasteiger partial charge in [0.1, 0.15) is 5.75 Å². The second-order valence-electron chi connectivity index (χ2n) is 3.17. The number of methoxy groups -OCH3 is 1. The van der Waals surface area contributed by atoms with Gasteiger partial charge in [0.05, 0.1) is 12.8 Å². The van der Waals surface area contributed by atoms with Crippen molar-refractivity contribution in [3.63, 3.8) is 0 Å². The lowest BCUT2D eigenvalue weighted by molar-refractivity contribution is 0.255. The molecule has 1 aromatic carbocycles. The van der Waals surface area contributed by atoms with Crippen LogP contribution in [0.1, 0.15) is 5.56 Å². The number of anilines is 1. The zero-order valence-electron chi connectivity index (χ0n) is 8.87. The van der Waals surface area contributed by atoms with Crippen molar-refractivity contribution in [3.8, 4) is 5.75 Å². The smallest absolute Gasteiger partial charge is 0.319 e. The molecule has 82 valence electrons. The molecule has 15 heavy (non-hydrogen) atoms. The zero-order chi connectivity index (χ0) is 11.6. The maximum absolute atomic E-state index is 11.0. The summed E-state index contributed by atoms with van der Waals surface area (Å²) in [6.45, 7) is 1.86. The number of amides is 2. The van der Waals surface area contributed by atoms with Crippen LogP contribution in [0.15, 0.2) is 12.1 Å². The number of hydrogen-bond acceptors (Lipinski definition) is 2. The molecule has 0 aliphatic heterocycles. The Balaban J connectivity index is 3.27. The molecule has 2 amide bonds. The van der Waals surface area contributed by atoms with Gasteiger partial charge in [-0.1, -0.05) is 11.6 Å². The van der Waals surface area contributed by atoms with Crippen molar-refractivity contribution in [1.82, 2.24) is 0 Å². The summed E-state index contributed by atoms with van der Waals surface area (Å²) in [7, 11) is 3.09. The number of aryl methyl sites for hydroxylation is 1. The molecule has 0 bridgehead atoms. The van der Waals surface area contributed by atoms with Crippen molar-refractivity contribution in [3.05, 3.63) is 22.7 Å². The minimum atomic E-state index is -0.562. The van der Waals surface area contributed by atoms with Gasteiger partial charge in [-0.15, -0.1) is 0 Å². The first-order valence-corrected chi connectivity index (χ1v) is 4.72. The second kappa shape index (κ2) is 4.40. The van der Waals surface area contributed by atoms with Gasteiger partial charge in [-0.3, -0.25) is 4.90 Å². The van der Waals surface area contributed by atoms with Crippen molar-refractivity contribution in [2.45, 2.75) is 6.92 Å². The van der Waals surface area contributed by atoms with Gasteiger partial charge in [-0.25, -0.2) is 4.79 Å². The third kappa shape index (κ3) is 2.33. The number of rotatable bonds is 2. The Bertz CT molecular complexity index is 393. The van der Waals surface area contributed by atoms with Crippen LogP contribution < -0.4 is 15.4 Å². The molecule has 0 atom stereocenters. The SMILES string of the molecule is COc1cc(C)c(Cl)cc1N(C)C(N)=O. The topological polar surface area (TPSA) is 55.6 Å². The maximum Gasteiger partial charge on any atom is 0.319 e. The fourth-order valence-electron chi connectivity index (χ4n) is 1.19. The average Bonchev–Trinajstić information content (AvgIpc) is 2.20. The van der Waals surface area contributed by atoms with Crippen LogP contribution in [0.5, 0.6) is 5.75 Å². The average molecular weight is 229 g/mol. The standard InChI is InChI=1S/C10H13ClN2O2/c1-6-4-9(15-3)8(5-7(6)11)13(2)10(12)14/h4-5H,1-3H3,(H2,12,14). The molecule has 5 heteroatoms. The summed E-state index contributed by atoms with van der Waals surface area (Å²) in [6, 6.07) is 2.85. The summed E-state index contributed by atoms with van der Waals surface area (Å²) in [5.41, 5.74) is 6.61. The van der Waals surface area contributed by atoms with E-state index in [0.717, 1.165) is 5.56 Å². The summed E-state index contributed by atoms with van der Waals surface area (Å²) < 4.78 is 5.14. The van der Waals surface area contributed by atoms with E-state index in [1.165, 1.54) is 12.0 Å². The highest BCUT2D eigenvalue weighted by molar-refractivity contribution is 6.31. The van der Waals surface area contributed by atoms with Crippen LogP contribution in [0.25, 0.3) is 0 Å². The van der Waals surface area contributed by atoms with Crippen LogP contribution in [0, 0.1) is 6.92 Å². The Morgan fingerprint density at radius 1 is 1.53 bits per heavy atom. The lowest BCUT2D eigenvalue weighted by Gasteiger charge is -2.18. The largest absolute Gasteiger partial charge is 0.495 e. The molecule has 0 unspecified atom stereocenters. The molecule has 0 aliphatic carbocycles. The predicted octanol–water partition coefficient (Wildman–Crippen LogP) is 2.17. The molecule has 1 aromatic rings. The molecule has 0 radical (unpaired) electrons. The number of nitrogens with two attached hydrogens (primary N) is 1. The number of primary amides is 1. The van der Waals surface area contributed by atoms with Gasteiger partial charge in [0.2, 0.25) is 0 Å². The van der Waals surface area contributed by atoms with Gasteiger partial charge < -0.3 is 10.5 Å². The molecule has 0 spiro atoms. The third-order valence-corrected chi connectivity index (χ3v) is 2.56. The van der Waals surface area contributed by atoms with Crippen LogP contribution in [-0.2, 0) is 0 Å².